The zero-order valence-electron chi connectivity index (χ0n) is 14.3. The van der Waals surface area contributed by atoms with Gasteiger partial charge in [0.05, 0.1) is 17.2 Å². The lowest BCUT2D eigenvalue weighted by molar-refractivity contribution is 0.120. The molecule has 1 aliphatic heterocycles. The van der Waals surface area contributed by atoms with Crippen LogP contribution in [0, 0.1) is 6.92 Å². The van der Waals surface area contributed by atoms with Crippen molar-refractivity contribution < 1.29 is 13.2 Å². The molecule has 1 aromatic heterocycles. The van der Waals surface area contributed by atoms with E-state index in [9.17, 15) is 8.42 Å². The first-order valence-electron chi connectivity index (χ1n) is 8.09. The van der Waals surface area contributed by atoms with Crippen LogP contribution in [0.15, 0.2) is 35.4 Å². The number of hydrogen-bond donors (Lipinski definition) is 0. The summed E-state index contributed by atoms with van der Waals surface area (Å²) in [6.07, 6.45) is 1.90. The standard InChI is InChI=1S/C17H23N3O3S/c1-4-23-12-15-11-20(10-14-9-19(3)18-17(14)15)24(21,22)16-8-6-5-7-13(16)2/h5-9,15H,4,10-12H2,1-3H3/t15-/m0/s1. The van der Waals surface area contributed by atoms with Gasteiger partial charge in [0.2, 0.25) is 10.0 Å². The van der Waals surface area contributed by atoms with E-state index in [0.29, 0.717) is 31.2 Å². The third-order valence-corrected chi connectivity index (χ3v) is 6.30. The SMILES string of the molecule is CCOC[C@@H]1CN(S(=O)(=O)c2ccccc2C)Cc2cn(C)nc21. The van der Waals surface area contributed by atoms with E-state index in [2.05, 4.69) is 5.10 Å². The van der Waals surface area contributed by atoms with Crippen LogP contribution >= 0.6 is 0 Å². The van der Waals surface area contributed by atoms with E-state index in [0.717, 1.165) is 16.8 Å². The predicted molar refractivity (Wildman–Crippen MR) is 91.2 cm³/mol. The summed E-state index contributed by atoms with van der Waals surface area (Å²) in [6, 6.07) is 7.10. The molecule has 0 radical (unpaired) electrons. The second kappa shape index (κ2) is 6.66. The van der Waals surface area contributed by atoms with Crippen molar-refractivity contribution in [3.05, 3.63) is 47.3 Å². The van der Waals surface area contributed by atoms with Crippen molar-refractivity contribution in [1.82, 2.24) is 14.1 Å². The minimum absolute atomic E-state index is 0.0475. The highest BCUT2D eigenvalue weighted by molar-refractivity contribution is 7.89. The average molecular weight is 349 g/mol. The van der Waals surface area contributed by atoms with Gasteiger partial charge in [0.1, 0.15) is 0 Å². The molecule has 130 valence electrons. The molecule has 1 atom stereocenters. The van der Waals surface area contributed by atoms with E-state index in [1.807, 2.05) is 39.2 Å². The van der Waals surface area contributed by atoms with Crippen molar-refractivity contribution >= 4 is 10.0 Å². The van der Waals surface area contributed by atoms with E-state index in [4.69, 9.17) is 4.74 Å². The van der Waals surface area contributed by atoms with Crippen LogP contribution in [0.5, 0.6) is 0 Å². The fraction of sp³-hybridized carbons (Fsp3) is 0.471. The normalized spacial score (nSPS) is 18.5. The Morgan fingerprint density at radius 1 is 1.33 bits per heavy atom. The van der Waals surface area contributed by atoms with Gasteiger partial charge in [0, 0.05) is 44.4 Å². The minimum atomic E-state index is -3.54. The fourth-order valence-corrected chi connectivity index (χ4v) is 4.86. The van der Waals surface area contributed by atoms with E-state index < -0.39 is 10.0 Å². The van der Waals surface area contributed by atoms with Crippen molar-refractivity contribution in [1.29, 1.82) is 0 Å². The number of fused-ring (bicyclic) bond motifs is 1. The first-order chi connectivity index (χ1) is 11.4. The zero-order valence-corrected chi connectivity index (χ0v) is 15.1. The summed E-state index contributed by atoms with van der Waals surface area (Å²) in [5.74, 6) is -0.0475. The smallest absolute Gasteiger partial charge is 0.243 e. The van der Waals surface area contributed by atoms with Gasteiger partial charge in [-0.15, -0.1) is 0 Å². The molecule has 3 rings (SSSR count). The van der Waals surface area contributed by atoms with Crippen molar-refractivity contribution in [3.8, 4) is 0 Å². The highest BCUT2D eigenvalue weighted by Crippen LogP contribution is 2.31. The summed E-state index contributed by atoms with van der Waals surface area (Å²) >= 11 is 0. The second-order valence-electron chi connectivity index (χ2n) is 6.13. The number of rotatable bonds is 5. The van der Waals surface area contributed by atoms with Crippen molar-refractivity contribution in [2.45, 2.75) is 31.2 Å². The maximum Gasteiger partial charge on any atom is 0.243 e. The van der Waals surface area contributed by atoms with E-state index in [-0.39, 0.29) is 5.92 Å². The number of benzene rings is 1. The monoisotopic (exact) mass is 349 g/mol. The number of aromatic nitrogens is 2. The van der Waals surface area contributed by atoms with Gasteiger partial charge < -0.3 is 4.74 Å². The Kier molecular flexibility index (Phi) is 4.76. The van der Waals surface area contributed by atoms with Gasteiger partial charge in [0.15, 0.2) is 0 Å². The molecule has 1 aliphatic rings. The molecular formula is C17H23N3O3S. The number of nitrogens with zero attached hydrogens (tertiary/aromatic N) is 3. The van der Waals surface area contributed by atoms with E-state index in [1.54, 1.807) is 21.1 Å². The molecule has 24 heavy (non-hydrogen) atoms. The van der Waals surface area contributed by atoms with E-state index in [1.165, 1.54) is 0 Å². The van der Waals surface area contributed by atoms with Gasteiger partial charge >= 0.3 is 0 Å². The van der Waals surface area contributed by atoms with Gasteiger partial charge in [-0.2, -0.15) is 9.40 Å². The molecule has 0 amide bonds. The lowest BCUT2D eigenvalue weighted by Crippen LogP contribution is -2.39. The quantitative estimate of drug-likeness (QED) is 0.829. The molecule has 6 nitrogen and oxygen atoms in total. The number of ether oxygens (including phenoxy) is 1. The Morgan fingerprint density at radius 3 is 2.79 bits per heavy atom. The maximum absolute atomic E-state index is 13.1. The Morgan fingerprint density at radius 2 is 2.08 bits per heavy atom. The van der Waals surface area contributed by atoms with Crippen LogP contribution in [0.1, 0.15) is 29.7 Å². The van der Waals surface area contributed by atoms with Gasteiger partial charge in [-0.1, -0.05) is 18.2 Å². The van der Waals surface area contributed by atoms with Crippen molar-refractivity contribution in [2.75, 3.05) is 19.8 Å². The van der Waals surface area contributed by atoms with Crippen LogP contribution in [0.2, 0.25) is 0 Å². The van der Waals surface area contributed by atoms with Gasteiger partial charge in [-0.3, -0.25) is 4.68 Å². The summed E-state index contributed by atoms with van der Waals surface area (Å²) in [7, 11) is -1.69. The Balaban J connectivity index is 1.96. The molecule has 0 saturated heterocycles. The number of aryl methyl sites for hydroxylation is 2. The average Bonchev–Trinajstić information content (AvgIpc) is 2.93. The first-order valence-corrected chi connectivity index (χ1v) is 9.53. The van der Waals surface area contributed by atoms with Gasteiger partial charge in [-0.25, -0.2) is 8.42 Å². The number of hydrogen-bond acceptors (Lipinski definition) is 4. The molecule has 0 aliphatic carbocycles. The predicted octanol–water partition coefficient (Wildman–Crippen LogP) is 2.05. The summed E-state index contributed by atoms with van der Waals surface area (Å²) in [5, 5.41) is 4.51. The second-order valence-corrected chi connectivity index (χ2v) is 8.04. The highest BCUT2D eigenvalue weighted by Gasteiger charge is 2.35. The molecule has 0 saturated carbocycles. The topological polar surface area (TPSA) is 64.4 Å². The van der Waals surface area contributed by atoms with Crippen LogP contribution < -0.4 is 0 Å². The molecule has 0 N–H and O–H groups in total. The van der Waals surface area contributed by atoms with Crippen LogP contribution in [-0.2, 0) is 28.4 Å². The van der Waals surface area contributed by atoms with E-state index >= 15 is 0 Å². The van der Waals surface area contributed by atoms with Crippen LogP contribution in [0.3, 0.4) is 0 Å². The molecule has 7 heteroatoms. The Hall–Kier alpha value is -1.70. The minimum Gasteiger partial charge on any atom is -0.381 e. The lowest BCUT2D eigenvalue weighted by atomic mass is 9.99. The highest BCUT2D eigenvalue weighted by atomic mass is 32.2. The van der Waals surface area contributed by atoms with Gasteiger partial charge in [-0.05, 0) is 25.5 Å². The Bertz CT molecular complexity index is 829. The van der Waals surface area contributed by atoms with Crippen LogP contribution in [-0.4, -0.2) is 42.3 Å². The van der Waals surface area contributed by atoms with Crippen LogP contribution in [0.4, 0.5) is 0 Å². The summed E-state index contributed by atoms with van der Waals surface area (Å²) in [4.78, 5) is 0.368. The number of sulfonamides is 1. The zero-order chi connectivity index (χ0) is 17.3. The summed E-state index contributed by atoms with van der Waals surface area (Å²) in [5.41, 5.74) is 2.66. The summed E-state index contributed by atoms with van der Waals surface area (Å²) in [6.45, 7) is 5.57. The van der Waals surface area contributed by atoms with Crippen molar-refractivity contribution in [3.63, 3.8) is 0 Å². The first kappa shape index (κ1) is 17.1. The van der Waals surface area contributed by atoms with Gasteiger partial charge in [0.25, 0.3) is 0 Å². The molecule has 2 heterocycles. The largest absolute Gasteiger partial charge is 0.381 e. The lowest BCUT2D eigenvalue weighted by Gasteiger charge is -2.31. The molecule has 0 unspecified atom stereocenters. The molecule has 1 aromatic carbocycles. The molecular weight excluding hydrogens is 326 g/mol. The Labute approximate surface area is 143 Å². The molecule has 2 aromatic rings. The fourth-order valence-electron chi connectivity index (χ4n) is 3.17. The summed E-state index contributed by atoms with van der Waals surface area (Å²) < 4.78 is 35.1. The third kappa shape index (κ3) is 3.11. The maximum atomic E-state index is 13.1. The molecule has 0 spiro atoms. The molecule has 0 bridgehead atoms. The van der Waals surface area contributed by atoms with Crippen LogP contribution in [0.25, 0.3) is 0 Å². The third-order valence-electron chi connectivity index (χ3n) is 4.33. The van der Waals surface area contributed by atoms with Crippen molar-refractivity contribution in [2.24, 2.45) is 7.05 Å². The molecule has 0 fully saturated rings.